The Kier molecular flexibility index (Phi) is 55.2. The van der Waals surface area contributed by atoms with Gasteiger partial charge in [-0.25, -0.2) is 0 Å². The van der Waals surface area contributed by atoms with Gasteiger partial charge in [-0.15, -0.1) is 0 Å². The van der Waals surface area contributed by atoms with Gasteiger partial charge in [0.05, 0.1) is 0 Å². The van der Waals surface area contributed by atoms with Gasteiger partial charge in [0, 0.05) is 19.3 Å². The molecule has 67 heavy (non-hydrogen) atoms. The van der Waals surface area contributed by atoms with Crippen LogP contribution in [0.4, 0.5) is 0 Å². The van der Waals surface area contributed by atoms with E-state index >= 15 is 0 Å². The van der Waals surface area contributed by atoms with Gasteiger partial charge in [-0.3, -0.25) is 14.4 Å². The smallest absolute Gasteiger partial charge is 0.306 e. The van der Waals surface area contributed by atoms with Crippen molar-refractivity contribution in [2.75, 3.05) is 13.2 Å². The van der Waals surface area contributed by atoms with Crippen LogP contribution in [0.5, 0.6) is 0 Å². The van der Waals surface area contributed by atoms with Gasteiger partial charge < -0.3 is 14.2 Å². The highest BCUT2D eigenvalue weighted by atomic mass is 16.6. The quantitative estimate of drug-likeness (QED) is 0.0262. The highest BCUT2D eigenvalue weighted by Crippen LogP contribution is 2.17. The number of hydrogen-bond donors (Lipinski definition) is 0. The number of allylic oxidation sites excluding steroid dienone is 2. The zero-order chi connectivity index (χ0) is 48.6. The molecule has 0 aliphatic heterocycles. The van der Waals surface area contributed by atoms with Gasteiger partial charge in [0.25, 0.3) is 0 Å². The highest BCUT2D eigenvalue weighted by Gasteiger charge is 2.19. The first kappa shape index (κ1) is 65.1. The summed E-state index contributed by atoms with van der Waals surface area (Å²) in [5, 5.41) is 0. The summed E-state index contributed by atoms with van der Waals surface area (Å²) >= 11 is 0. The Balaban J connectivity index is 4.28. The topological polar surface area (TPSA) is 78.9 Å². The zero-order valence-corrected chi connectivity index (χ0v) is 45.5. The molecule has 396 valence electrons. The zero-order valence-electron chi connectivity index (χ0n) is 45.5. The third kappa shape index (κ3) is 55.0. The maximum Gasteiger partial charge on any atom is 0.306 e. The molecule has 0 heterocycles. The van der Waals surface area contributed by atoms with Crippen LogP contribution in [0, 0.1) is 0 Å². The van der Waals surface area contributed by atoms with Crippen LogP contribution in [0.1, 0.15) is 342 Å². The molecule has 0 saturated heterocycles. The van der Waals surface area contributed by atoms with Gasteiger partial charge in [-0.05, 0) is 44.9 Å². The predicted molar refractivity (Wildman–Crippen MR) is 289 cm³/mol. The maximum atomic E-state index is 12.9. The van der Waals surface area contributed by atoms with Gasteiger partial charge in [0.2, 0.25) is 0 Å². The number of esters is 3. The van der Waals surface area contributed by atoms with Crippen LogP contribution in [-0.2, 0) is 28.6 Å². The van der Waals surface area contributed by atoms with Crippen LogP contribution in [0.15, 0.2) is 12.2 Å². The van der Waals surface area contributed by atoms with Crippen LogP contribution < -0.4 is 0 Å². The largest absolute Gasteiger partial charge is 0.462 e. The molecule has 0 fully saturated rings. The fourth-order valence-corrected chi connectivity index (χ4v) is 9.21. The van der Waals surface area contributed by atoms with Crippen LogP contribution in [0.3, 0.4) is 0 Å². The van der Waals surface area contributed by atoms with Crippen LogP contribution >= 0.6 is 0 Å². The van der Waals surface area contributed by atoms with E-state index in [4.69, 9.17) is 14.2 Å². The van der Waals surface area contributed by atoms with Crippen molar-refractivity contribution in [1.82, 2.24) is 0 Å². The number of ether oxygens (including phenoxy) is 3. The lowest BCUT2D eigenvalue weighted by Crippen LogP contribution is -2.30. The molecule has 0 saturated carbocycles. The van der Waals surface area contributed by atoms with Crippen molar-refractivity contribution in [3.05, 3.63) is 12.2 Å². The Morgan fingerprint density at radius 3 is 0.746 bits per heavy atom. The molecule has 1 unspecified atom stereocenters. The standard InChI is InChI=1S/C61H116O6/c1-4-7-10-13-16-19-22-25-28-29-30-31-32-34-36-39-42-45-48-51-54-60(63)66-57-58(56-65-59(62)53-50-47-44-41-38-35-27-24-21-18-15-12-9-6-3)67-61(64)55-52-49-46-43-40-37-33-26-23-20-17-14-11-8-5-2/h26,33,58H,4-25,27-32,34-57H2,1-3H3/b33-26-. The lowest BCUT2D eigenvalue weighted by atomic mass is 10.0. The molecule has 0 aliphatic rings. The summed E-state index contributed by atoms with van der Waals surface area (Å²) in [5.74, 6) is -0.849. The normalized spacial score (nSPS) is 12.0. The number of rotatable bonds is 56. The Morgan fingerprint density at radius 2 is 0.493 bits per heavy atom. The summed E-state index contributed by atoms with van der Waals surface area (Å²) in [7, 11) is 0. The Bertz CT molecular complexity index is 1040. The molecule has 1 atom stereocenters. The van der Waals surface area contributed by atoms with E-state index in [1.54, 1.807) is 0 Å². The van der Waals surface area contributed by atoms with E-state index < -0.39 is 6.10 Å². The van der Waals surface area contributed by atoms with Crippen LogP contribution in [-0.4, -0.2) is 37.2 Å². The summed E-state index contributed by atoms with van der Waals surface area (Å²) in [6.45, 7) is 6.69. The fourth-order valence-electron chi connectivity index (χ4n) is 9.21. The second kappa shape index (κ2) is 56.7. The first-order chi connectivity index (χ1) is 33.0. The molecule has 0 radical (unpaired) electrons. The summed E-state index contributed by atoms with van der Waals surface area (Å²) in [5.41, 5.74) is 0. The van der Waals surface area contributed by atoms with Crippen molar-refractivity contribution in [1.29, 1.82) is 0 Å². The Morgan fingerprint density at radius 1 is 0.284 bits per heavy atom. The van der Waals surface area contributed by atoms with Crippen LogP contribution in [0.25, 0.3) is 0 Å². The minimum absolute atomic E-state index is 0.0672. The molecule has 0 aromatic heterocycles. The van der Waals surface area contributed by atoms with Gasteiger partial charge in [0.15, 0.2) is 6.10 Å². The van der Waals surface area contributed by atoms with Gasteiger partial charge in [0.1, 0.15) is 13.2 Å². The minimum atomic E-state index is -0.769. The maximum absolute atomic E-state index is 12.9. The molecule has 0 aromatic carbocycles. The number of hydrogen-bond acceptors (Lipinski definition) is 6. The van der Waals surface area contributed by atoms with Crippen molar-refractivity contribution in [3.63, 3.8) is 0 Å². The van der Waals surface area contributed by atoms with Crippen molar-refractivity contribution >= 4 is 17.9 Å². The molecule has 0 amide bonds. The van der Waals surface area contributed by atoms with E-state index in [-0.39, 0.29) is 31.1 Å². The van der Waals surface area contributed by atoms with Crippen molar-refractivity contribution in [3.8, 4) is 0 Å². The molecule has 0 spiro atoms. The predicted octanol–water partition coefficient (Wildman–Crippen LogP) is 20.1. The number of carbonyl (C=O) groups is 3. The van der Waals surface area contributed by atoms with Crippen LogP contribution in [0.2, 0.25) is 0 Å². The summed E-state index contributed by atoms with van der Waals surface area (Å²) in [6.07, 6.45) is 64.9. The average Bonchev–Trinajstić information content (AvgIpc) is 3.33. The molecule has 6 heteroatoms. The summed E-state index contributed by atoms with van der Waals surface area (Å²) < 4.78 is 16.9. The molecule has 0 aromatic rings. The van der Waals surface area contributed by atoms with Crippen molar-refractivity contribution in [2.24, 2.45) is 0 Å². The molecule has 0 bridgehead atoms. The fraction of sp³-hybridized carbons (Fsp3) is 0.918. The second-order valence-electron chi connectivity index (χ2n) is 20.6. The molecule has 0 N–H and O–H groups in total. The third-order valence-electron chi connectivity index (χ3n) is 13.8. The van der Waals surface area contributed by atoms with Gasteiger partial charge >= 0.3 is 17.9 Å². The van der Waals surface area contributed by atoms with E-state index in [0.29, 0.717) is 19.3 Å². The molecular weight excluding hydrogens is 829 g/mol. The van der Waals surface area contributed by atoms with Crippen molar-refractivity contribution in [2.45, 2.75) is 348 Å². The summed E-state index contributed by atoms with van der Waals surface area (Å²) in [4.78, 5) is 38.2. The number of unbranched alkanes of at least 4 members (excludes halogenated alkanes) is 43. The van der Waals surface area contributed by atoms with E-state index in [1.165, 1.54) is 238 Å². The monoisotopic (exact) mass is 945 g/mol. The SMILES string of the molecule is CCCCCCCC/C=C\CCCCCCCC(=O)OC(COC(=O)CCCCCCCCCCCCCCCC)COC(=O)CCCCCCCCCCCCCCCCCCCCCC. The lowest BCUT2D eigenvalue weighted by molar-refractivity contribution is -0.167. The highest BCUT2D eigenvalue weighted by molar-refractivity contribution is 5.71. The summed E-state index contributed by atoms with van der Waals surface area (Å²) in [6, 6.07) is 0. The third-order valence-corrected chi connectivity index (χ3v) is 13.8. The lowest BCUT2D eigenvalue weighted by Gasteiger charge is -2.18. The van der Waals surface area contributed by atoms with E-state index in [1.807, 2.05) is 0 Å². The van der Waals surface area contributed by atoms with Crippen molar-refractivity contribution < 1.29 is 28.6 Å². The average molecular weight is 946 g/mol. The molecule has 0 aliphatic carbocycles. The molecule has 0 rings (SSSR count). The second-order valence-corrected chi connectivity index (χ2v) is 20.6. The number of carbonyl (C=O) groups excluding carboxylic acids is 3. The van der Waals surface area contributed by atoms with E-state index in [9.17, 15) is 14.4 Å². The Hall–Kier alpha value is -1.85. The first-order valence-corrected chi connectivity index (χ1v) is 30.2. The minimum Gasteiger partial charge on any atom is -0.462 e. The van der Waals surface area contributed by atoms with Gasteiger partial charge in [-0.2, -0.15) is 0 Å². The Labute approximate surface area is 418 Å². The van der Waals surface area contributed by atoms with Gasteiger partial charge in [-0.1, -0.05) is 290 Å². The molecular formula is C61H116O6. The van der Waals surface area contributed by atoms with E-state index in [0.717, 1.165) is 64.2 Å². The first-order valence-electron chi connectivity index (χ1n) is 30.2. The van der Waals surface area contributed by atoms with E-state index in [2.05, 4.69) is 32.9 Å². The molecule has 6 nitrogen and oxygen atoms in total.